The van der Waals surface area contributed by atoms with E-state index >= 15 is 0 Å². The Labute approximate surface area is 255 Å². The highest BCUT2D eigenvalue weighted by Crippen LogP contribution is 2.45. The fourth-order valence-electron chi connectivity index (χ4n) is 6.63. The number of hydrogen-bond acceptors (Lipinski definition) is 6. The Morgan fingerprint density at radius 3 is 2.23 bits per heavy atom. The van der Waals surface area contributed by atoms with E-state index in [0.717, 1.165) is 5.56 Å². The molecule has 1 aliphatic heterocycles. The lowest BCUT2D eigenvalue weighted by molar-refractivity contribution is -0.144. The van der Waals surface area contributed by atoms with E-state index in [2.05, 4.69) is 5.32 Å². The molecule has 2 amide bonds. The number of amides is 2. The summed E-state index contributed by atoms with van der Waals surface area (Å²) in [5, 5.41) is 2.67. The molecule has 0 spiro atoms. The van der Waals surface area contributed by atoms with Crippen LogP contribution in [0, 0.1) is 23.2 Å². The highest BCUT2D eigenvalue weighted by atomic mass is 19.1. The van der Waals surface area contributed by atoms with Crippen molar-refractivity contribution in [3.8, 4) is 0 Å². The van der Waals surface area contributed by atoms with Crippen LogP contribution in [0.1, 0.15) is 98.5 Å². The van der Waals surface area contributed by atoms with Gasteiger partial charge in [0.2, 0.25) is 11.7 Å². The molecule has 2 aliphatic rings. The Kier molecular flexibility index (Phi) is 11.7. The molecule has 0 bridgehead atoms. The van der Waals surface area contributed by atoms with Crippen molar-refractivity contribution < 1.29 is 33.1 Å². The summed E-state index contributed by atoms with van der Waals surface area (Å²) in [6, 6.07) is 7.56. The van der Waals surface area contributed by atoms with Gasteiger partial charge < -0.3 is 15.0 Å². The van der Waals surface area contributed by atoms with Gasteiger partial charge in [-0.2, -0.15) is 0 Å². The van der Waals surface area contributed by atoms with E-state index in [1.165, 1.54) is 4.90 Å². The third kappa shape index (κ3) is 8.51. The van der Waals surface area contributed by atoms with Crippen molar-refractivity contribution in [2.75, 3.05) is 6.54 Å². The smallest absolute Gasteiger partial charge is 0.408 e. The lowest BCUT2D eigenvalue weighted by atomic mass is 9.82. The molecule has 9 heteroatoms. The van der Waals surface area contributed by atoms with Gasteiger partial charge in [-0.1, -0.05) is 71.4 Å². The van der Waals surface area contributed by atoms with Gasteiger partial charge in [0.05, 0.1) is 12.1 Å². The standard InChI is InChI=1S/C34H49FN2O6/c1-8-12-23(30(40)28(39)17-21(4)22-13-10-9-11-14-22)18-27(38)29-24-15-16-26(35)25(24)19-37(29)32(41)31(34(5,6)7)36-33(42)43-20(2)3/h9-11,13-14,20-21,23-26,29,31H,8,12,15-19H2,1-7H3,(H,36,42)/t21-,23?,24-,25?,26?,29-,31+/m0/s1. The van der Waals surface area contributed by atoms with Crippen LogP contribution in [0.5, 0.6) is 0 Å². The monoisotopic (exact) mass is 600 g/mol. The Morgan fingerprint density at radius 1 is 1.00 bits per heavy atom. The summed E-state index contributed by atoms with van der Waals surface area (Å²) in [6.07, 6.45) is -0.680. The second-order valence-corrected chi connectivity index (χ2v) is 13.7. The summed E-state index contributed by atoms with van der Waals surface area (Å²) in [5.74, 6) is -3.69. The highest BCUT2D eigenvalue weighted by molar-refractivity contribution is 6.38. The molecule has 2 fully saturated rings. The van der Waals surface area contributed by atoms with Gasteiger partial charge in [-0.15, -0.1) is 0 Å². The van der Waals surface area contributed by atoms with Crippen molar-refractivity contribution in [2.45, 2.75) is 117 Å². The summed E-state index contributed by atoms with van der Waals surface area (Å²) in [4.78, 5) is 68.5. The van der Waals surface area contributed by atoms with Crippen molar-refractivity contribution in [1.82, 2.24) is 10.2 Å². The number of nitrogens with zero attached hydrogens (tertiary/aromatic N) is 1. The lowest BCUT2D eigenvalue weighted by Crippen LogP contribution is -2.57. The van der Waals surface area contributed by atoms with E-state index in [4.69, 9.17) is 4.74 Å². The first-order valence-corrected chi connectivity index (χ1v) is 15.7. The Hall–Kier alpha value is -3.10. The quantitative estimate of drug-likeness (QED) is 0.286. The zero-order valence-corrected chi connectivity index (χ0v) is 26.7. The molecule has 43 heavy (non-hydrogen) atoms. The first kappa shape index (κ1) is 34.4. The summed E-state index contributed by atoms with van der Waals surface area (Å²) in [5.41, 5.74) is 0.231. The minimum Gasteiger partial charge on any atom is -0.447 e. The number of ether oxygens (including phenoxy) is 1. The number of alkyl halides is 1. The molecule has 1 aromatic carbocycles. The van der Waals surface area contributed by atoms with Gasteiger partial charge in [0.15, 0.2) is 11.6 Å². The van der Waals surface area contributed by atoms with Gasteiger partial charge in [-0.25, -0.2) is 9.18 Å². The molecule has 7 atom stereocenters. The number of carbonyl (C=O) groups is 5. The van der Waals surface area contributed by atoms with E-state index in [9.17, 15) is 28.4 Å². The van der Waals surface area contributed by atoms with Crippen LogP contribution in [0.15, 0.2) is 30.3 Å². The molecule has 1 N–H and O–H groups in total. The minimum absolute atomic E-state index is 0.0466. The van der Waals surface area contributed by atoms with Crippen molar-refractivity contribution in [3.05, 3.63) is 35.9 Å². The molecule has 0 radical (unpaired) electrons. The van der Waals surface area contributed by atoms with Crippen LogP contribution in [0.2, 0.25) is 0 Å². The average Bonchev–Trinajstić information content (AvgIpc) is 3.49. The van der Waals surface area contributed by atoms with Crippen LogP contribution in [-0.2, 0) is 23.9 Å². The van der Waals surface area contributed by atoms with E-state index in [-0.39, 0.29) is 37.0 Å². The summed E-state index contributed by atoms with van der Waals surface area (Å²) < 4.78 is 20.2. The van der Waals surface area contributed by atoms with Gasteiger partial charge in [0, 0.05) is 31.2 Å². The van der Waals surface area contributed by atoms with Gasteiger partial charge in [-0.05, 0) is 55.9 Å². The molecule has 0 aromatic heterocycles. The summed E-state index contributed by atoms with van der Waals surface area (Å²) in [6.45, 7) is 12.7. The summed E-state index contributed by atoms with van der Waals surface area (Å²) in [7, 11) is 0. The number of hydrogen-bond donors (Lipinski definition) is 1. The van der Waals surface area contributed by atoms with Gasteiger partial charge in [0.25, 0.3) is 0 Å². The predicted octanol–water partition coefficient (Wildman–Crippen LogP) is 5.82. The number of Topliss-reactive ketones (excluding diaryl/α,β-unsaturated/α-hetero) is 3. The van der Waals surface area contributed by atoms with Gasteiger partial charge >= 0.3 is 6.09 Å². The third-order valence-corrected chi connectivity index (χ3v) is 8.86. The molecule has 1 saturated heterocycles. The molecule has 1 saturated carbocycles. The molecule has 1 heterocycles. The number of ketones is 3. The number of halogens is 1. The third-order valence-electron chi connectivity index (χ3n) is 8.86. The molecular formula is C34H49FN2O6. The molecular weight excluding hydrogens is 551 g/mol. The number of alkyl carbamates (subject to hydrolysis) is 1. The van der Waals surface area contributed by atoms with Crippen molar-refractivity contribution in [3.63, 3.8) is 0 Å². The maximum Gasteiger partial charge on any atom is 0.408 e. The number of carbonyl (C=O) groups excluding carboxylic acids is 5. The first-order valence-electron chi connectivity index (χ1n) is 15.7. The molecule has 1 aliphatic carbocycles. The normalized spacial score (nSPS) is 23.8. The molecule has 3 unspecified atom stereocenters. The van der Waals surface area contributed by atoms with Crippen LogP contribution >= 0.6 is 0 Å². The van der Waals surface area contributed by atoms with Crippen LogP contribution in [0.25, 0.3) is 0 Å². The Bertz CT molecular complexity index is 1160. The van der Waals surface area contributed by atoms with Crippen LogP contribution in [0.3, 0.4) is 0 Å². The number of likely N-dealkylation sites (tertiary alicyclic amines) is 1. The maximum atomic E-state index is 15.0. The fourth-order valence-corrected chi connectivity index (χ4v) is 6.63. The van der Waals surface area contributed by atoms with Gasteiger partial charge in [0.1, 0.15) is 12.2 Å². The highest BCUT2D eigenvalue weighted by Gasteiger charge is 2.55. The van der Waals surface area contributed by atoms with Crippen LogP contribution in [-0.4, -0.2) is 65.2 Å². The maximum absolute atomic E-state index is 15.0. The molecule has 1 aromatic rings. The Balaban J connectivity index is 1.82. The van der Waals surface area contributed by atoms with Crippen molar-refractivity contribution in [1.29, 1.82) is 0 Å². The molecule has 3 rings (SSSR count). The van der Waals surface area contributed by atoms with Crippen molar-refractivity contribution >= 4 is 29.4 Å². The topological polar surface area (TPSA) is 110 Å². The van der Waals surface area contributed by atoms with E-state index in [1.807, 2.05) is 44.2 Å². The second-order valence-electron chi connectivity index (χ2n) is 13.7. The fraction of sp³-hybridized carbons (Fsp3) is 0.676. The number of nitrogens with one attached hydrogen (secondary N) is 1. The van der Waals surface area contributed by atoms with E-state index in [0.29, 0.717) is 25.7 Å². The van der Waals surface area contributed by atoms with Crippen molar-refractivity contribution in [2.24, 2.45) is 23.2 Å². The zero-order chi connectivity index (χ0) is 32.1. The number of rotatable bonds is 13. The summed E-state index contributed by atoms with van der Waals surface area (Å²) >= 11 is 0. The van der Waals surface area contributed by atoms with E-state index in [1.54, 1.807) is 34.6 Å². The molecule has 8 nitrogen and oxygen atoms in total. The minimum atomic E-state index is -1.14. The number of benzene rings is 1. The largest absolute Gasteiger partial charge is 0.447 e. The molecule has 238 valence electrons. The average molecular weight is 601 g/mol. The van der Waals surface area contributed by atoms with Gasteiger partial charge in [-0.3, -0.25) is 19.2 Å². The second kappa shape index (κ2) is 14.6. The predicted molar refractivity (Wildman–Crippen MR) is 162 cm³/mol. The number of fused-ring (bicyclic) bond motifs is 1. The van der Waals surface area contributed by atoms with Crippen LogP contribution in [0.4, 0.5) is 9.18 Å². The Morgan fingerprint density at radius 2 is 1.65 bits per heavy atom. The lowest BCUT2D eigenvalue weighted by Gasteiger charge is -2.36. The van der Waals surface area contributed by atoms with Crippen LogP contribution < -0.4 is 5.32 Å². The van der Waals surface area contributed by atoms with E-state index < -0.39 is 65.2 Å². The zero-order valence-electron chi connectivity index (χ0n) is 26.7. The first-order chi connectivity index (χ1) is 20.1. The SMILES string of the molecule is CCCC(CC(=O)[C@@H]1[C@H]2CCC(F)C2CN1C(=O)[C@@H](NC(=O)OC(C)C)C(C)(C)C)C(=O)C(=O)C[C@H](C)c1ccccc1.